The molecule has 0 heteroatoms. The van der Waals surface area contributed by atoms with E-state index < -0.39 is 0 Å². The van der Waals surface area contributed by atoms with Crippen LogP contribution in [-0.4, -0.2) is 0 Å². The Bertz CT molecular complexity index is 987. The molecule has 0 bridgehead atoms. The second kappa shape index (κ2) is 8.71. The predicted molar refractivity (Wildman–Crippen MR) is 121 cm³/mol. The summed E-state index contributed by atoms with van der Waals surface area (Å²) in [7, 11) is 0. The molecule has 0 saturated carbocycles. The smallest absolute Gasteiger partial charge is 0.0308 e. The minimum atomic E-state index is 0.355. The summed E-state index contributed by atoms with van der Waals surface area (Å²) >= 11 is 0. The molecule has 0 saturated heterocycles. The molecule has 3 aromatic rings. The summed E-state index contributed by atoms with van der Waals surface area (Å²) in [6.45, 7) is 2.15. The lowest BCUT2D eigenvalue weighted by molar-refractivity contribution is 0.886. The van der Waals surface area contributed by atoms with Gasteiger partial charge in [0.1, 0.15) is 0 Å². The standard InChI is InChI=1S/C28H26/c1-22-16-18-26(19-17-22)28-25(15-9-8-12-23-10-4-2-5-11-23)20-21-27(28)24-13-6-3-7-14-24/h2-8,10-14,16-21,28H,9,15H2,1H3/b12-8+. The van der Waals surface area contributed by atoms with E-state index in [9.17, 15) is 0 Å². The van der Waals surface area contributed by atoms with Crippen LogP contribution in [0.4, 0.5) is 0 Å². The highest BCUT2D eigenvalue weighted by Gasteiger charge is 2.25. The Kier molecular flexibility index (Phi) is 5.68. The zero-order chi connectivity index (χ0) is 19.2. The third-order valence-corrected chi connectivity index (χ3v) is 5.39. The molecule has 0 N–H and O–H groups in total. The van der Waals surface area contributed by atoms with E-state index in [0.29, 0.717) is 5.92 Å². The molecule has 1 aliphatic rings. The minimum absolute atomic E-state index is 0.355. The lowest BCUT2D eigenvalue weighted by atomic mass is 9.83. The number of allylic oxidation sites excluding steroid dienone is 5. The maximum Gasteiger partial charge on any atom is 0.0308 e. The van der Waals surface area contributed by atoms with Gasteiger partial charge in [-0.15, -0.1) is 0 Å². The molecule has 0 radical (unpaired) electrons. The van der Waals surface area contributed by atoms with Crippen LogP contribution in [0, 0.1) is 6.92 Å². The van der Waals surface area contributed by atoms with E-state index in [4.69, 9.17) is 0 Å². The number of aryl methyl sites for hydroxylation is 1. The van der Waals surface area contributed by atoms with Crippen molar-refractivity contribution in [1.29, 1.82) is 0 Å². The molecule has 0 nitrogen and oxygen atoms in total. The Morgan fingerprint density at radius 2 is 1.43 bits per heavy atom. The lowest BCUT2D eigenvalue weighted by Crippen LogP contribution is -2.03. The van der Waals surface area contributed by atoms with Gasteiger partial charge in [-0.25, -0.2) is 0 Å². The van der Waals surface area contributed by atoms with Gasteiger partial charge in [-0.05, 0) is 42.0 Å². The quantitative estimate of drug-likeness (QED) is 0.423. The van der Waals surface area contributed by atoms with Crippen LogP contribution in [0.1, 0.15) is 41.0 Å². The number of hydrogen-bond donors (Lipinski definition) is 0. The molecule has 0 heterocycles. The molecule has 1 aliphatic carbocycles. The summed E-state index contributed by atoms with van der Waals surface area (Å²) in [4.78, 5) is 0. The van der Waals surface area contributed by atoms with Gasteiger partial charge >= 0.3 is 0 Å². The summed E-state index contributed by atoms with van der Waals surface area (Å²) < 4.78 is 0. The van der Waals surface area contributed by atoms with Gasteiger partial charge in [0, 0.05) is 5.92 Å². The van der Waals surface area contributed by atoms with Gasteiger partial charge < -0.3 is 0 Å². The normalized spacial score (nSPS) is 16.2. The lowest BCUT2D eigenvalue weighted by Gasteiger charge is -2.21. The van der Waals surface area contributed by atoms with E-state index in [-0.39, 0.29) is 0 Å². The molecule has 138 valence electrons. The van der Waals surface area contributed by atoms with Crippen LogP contribution in [0.25, 0.3) is 11.6 Å². The zero-order valence-corrected chi connectivity index (χ0v) is 16.4. The van der Waals surface area contributed by atoms with E-state index in [1.165, 1.54) is 33.4 Å². The molecule has 28 heavy (non-hydrogen) atoms. The van der Waals surface area contributed by atoms with Crippen LogP contribution in [0.15, 0.2) is 109 Å². The van der Waals surface area contributed by atoms with E-state index >= 15 is 0 Å². The summed E-state index contributed by atoms with van der Waals surface area (Å²) in [6, 6.07) is 30.3. The average molecular weight is 363 g/mol. The first-order valence-corrected chi connectivity index (χ1v) is 10.1. The molecule has 0 fully saturated rings. The van der Waals surface area contributed by atoms with Crippen LogP contribution in [0.5, 0.6) is 0 Å². The largest absolute Gasteiger partial charge is 0.0836 e. The van der Waals surface area contributed by atoms with Gasteiger partial charge in [-0.3, -0.25) is 0 Å². The Morgan fingerprint density at radius 1 is 0.750 bits per heavy atom. The van der Waals surface area contributed by atoms with E-state index in [2.05, 4.69) is 116 Å². The number of benzene rings is 3. The van der Waals surface area contributed by atoms with E-state index in [1.54, 1.807) is 0 Å². The third-order valence-electron chi connectivity index (χ3n) is 5.39. The molecule has 1 unspecified atom stereocenters. The van der Waals surface area contributed by atoms with Crippen LogP contribution in [-0.2, 0) is 0 Å². The van der Waals surface area contributed by atoms with Crippen LogP contribution in [0.2, 0.25) is 0 Å². The molecule has 0 spiro atoms. The van der Waals surface area contributed by atoms with Crippen molar-refractivity contribution >= 4 is 11.6 Å². The minimum Gasteiger partial charge on any atom is -0.0836 e. The molecular weight excluding hydrogens is 336 g/mol. The van der Waals surface area contributed by atoms with Crippen molar-refractivity contribution in [1.82, 2.24) is 0 Å². The van der Waals surface area contributed by atoms with Gasteiger partial charge in [0.15, 0.2) is 0 Å². The number of hydrogen-bond acceptors (Lipinski definition) is 0. The third kappa shape index (κ3) is 4.23. The first-order chi connectivity index (χ1) is 13.8. The Hall–Kier alpha value is -3.12. The zero-order valence-electron chi connectivity index (χ0n) is 16.4. The Morgan fingerprint density at radius 3 is 2.14 bits per heavy atom. The van der Waals surface area contributed by atoms with E-state index in [1.807, 2.05) is 0 Å². The topological polar surface area (TPSA) is 0 Å². The second-order valence-electron chi connectivity index (χ2n) is 7.43. The van der Waals surface area contributed by atoms with Crippen molar-refractivity contribution in [3.63, 3.8) is 0 Å². The van der Waals surface area contributed by atoms with Crippen molar-refractivity contribution < 1.29 is 0 Å². The van der Waals surface area contributed by atoms with Crippen molar-refractivity contribution in [3.8, 4) is 0 Å². The van der Waals surface area contributed by atoms with Gasteiger partial charge in [0.25, 0.3) is 0 Å². The molecule has 1 atom stereocenters. The van der Waals surface area contributed by atoms with Crippen molar-refractivity contribution in [2.45, 2.75) is 25.7 Å². The summed E-state index contributed by atoms with van der Waals surface area (Å²) in [5, 5.41) is 0. The highest BCUT2D eigenvalue weighted by molar-refractivity contribution is 5.79. The fraction of sp³-hybridized carbons (Fsp3) is 0.143. The SMILES string of the molecule is Cc1ccc(C2C(CC/C=C/c3ccccc3)=CC=C2c2ccccc2)cc1. The van der Waals surface area contributed by atoms with Crippen molar-refractivity contribution in [3.05, 3.63) is 131 Å². The van der Waals surface area contributed by atoms with Gasteiger partial charge in [0.05, 0.1) is 0 Å². The summed E-state index contributed by atoms with van der Waals surface area (Å²) in [5.41, 5.74) is 8.19. The molecule has 0 amide bonds. The highest BCUT2D eigenvalue weighted by atomic mass is 14.3. The molecule has 0 aromatic heterocycles. The summed E-state index contributed by atoms with van der Waals surface area (Å²) in [6.07, 6.45) is 11.3. The van der Waals surface area contributed by atoms with Crippen LogP contribution >= 0.6 is 0 Å². The molecule has 0 aliphatic heterocycles. The van der Waals surface area contributed by atoms with Crippen LogP contribution < -0.4 is 0 Å². The number of rotatable bonds is 6. The Labute approximate surface area is 168 Å². The van der Waals surface area contributed by atoms with E-state index in [0.717, 1.165) is 12.8 Å². The molecular formula is C28H26. The highest BCUT2D eigenvalue weighted by Crippen LogP contribution is 2.43. The second-order valence-corrected chi connectivity index (χ2v) is 7.43. The maximum atomic E-state index is 2.34. The first kappa shape index (κ1) is 18.3. The average Bonchev–Trinajstić information content (AvgIpc) is 3.17. The van der Waals surface area contributed by atoms with Crippen LogP contribution in [0.3, 0.4) is 0 Å². The maximum absolute atomic E-state index is 2.34. The fourth-order valence-electron chi connectivity index (χ4n) is 3.90. The fourth-order valence-corrected chi connectivity index (χ4v) is 3.90. The molecule has 4 rings (SSSR count). The summed E-state index contributed by atoms with van der Waals surface area (Å²) in [5.74, 6) is 0.355. The van der Waals surface area contributed by atoms with Gasteiger partial charge in [0.2, 0.25) is 0 Å². The van der Waals surface area contributed by atoms with Crippen molar-refractivity contribution in [2.24, 2.45) is 0 Å². The first-order valence-electron chi connectivity index (χ1n) is 10.1. The van der Waals surface area contributed by atoms with Gasteiger partial charge in [-0.2, -0.15) is 0 Å². The van der Waals surface area contributed by atoms with Crippen molar-refractivity contribution in [2.75, 3.05) is 0 Å². The predicted octanol–water partition coefficient (Wildman–Crippen LogP) is 7.60. The Balaban J connectivity index is 1.53. The molecule has 3 aromatic carbocycles. The van der Waals surface area contributed by atoms with Gasteiger partial charge in [-0.1, -0.05) is 120 Å². The monoisotopic (exact) mass is 362 g/mol.